The fourth-order valence-corrected chi connectivity index (χ4v) is 2.08. The Morgan fingerprint density at radius 2 is 1.83 bits per heavy atom. The number of carbonyl (C=O) groups excluding carboxylic acids is 2. The summed E-state index contributed by atoms with van der Waals surface area (Å²) in [4.78, 5) is 23.5. The van der Waals surface area contributed by atoms with E-state index in [9.17, 15) is 9.59 Å². The Labute approximate surface area is 136 Å². The van der Waals surface area contributed by atoms with E-state index < -0.39 is 6.10 Å². The molecule has 120 valence electrons. The van der Waals surface area contributed by atoms with E-state index in [1.54, 1.807) is 31.2 Å². The van der Waals surface area contributed by atoms with Crippen LogP contribution >= 0.6 is 0 Å². The van der Waals surface area contributed by atoms with Gasteiger partial charge in [-0.1, -0.05) is 42.0 Å². The molecular formula is C19H21NO3. The Balaban J connectivity index is 1.90. The van der Waals surface area contributed by atoms with Gasteiger partial charge in [0.05, 0.1) is 0 Å². The van der Waals surface area contributed by atoms with E-state index >= 15 is 0 Å². The van der Waals surface area contributed by atoms with Gasteiger partial charge in [-0.2, -0.15) is 0 Å². The van der Waals surface area contributed by atoms with Gasteiger partial charge >= 0.3 is 0 Å². The molecule has 0 aliphatic carbocycles. The standard InChI is InChI=1S/C19H21NO3/c1-13-7-9-16(10-8-13)12-20-19(22)15(3)23-18-6-4-5-17(11-18)14(2)21/h4-11,15H,12H2,1-3H3,(H,20,22)/t15-/m1/s1. The molecule has 0 aliphatic rings. The molecule has 4 nitrogen and oxygen atoms in total. The third-order valence-corrected chi connectivity index (χ3v) is 3.51. The Morgan fingerprint density at radius 1 is 1.13 bits per heavy atom. The number of benzene rings is 2. The van der Waals surface area contributed by atoms with Crippen LogP contribution < -0.4 is 10.1 Å². The zero-order valence-electron chi connectivity index (χ0n) is 13.6. The van der Waals surface area contributed by atoms with Gasteiger partial charge < -0.3 is 10.1 Å². The van der Waals surface area contributed by atoms with Gasteiger partial charge in [-0.05, 0) is 38.5 Å². The molecule has 1 N–H and O–H groups in total. The minimum atomic E-state index is -0.636. The van der Waals surface area contributed by atoms with E-state index in [0.717, 1.165) is 5.56 Å². The minimum Gasteiger partial charge on any atom is -0.481 e. The maximum Gasteiger partial charge on any atom is 0.261 e. The van der Waals surface area contributed by atoms with E-state index in [1.165, 1.54) is 12.5 Å². The van der Waals surface area contributed by atoms with Crippen molar-refractivity contribution in [3.8, 4) is 5.75 Å². The van der Waals surface area contributed by atoms with Crippen LogP contribution in [-0.4, -0.2) is 17.8 Å². The highest BCUT2D eigenvalue weighted by Gasteiger charge is 2.14. The second-order valence-electron chi connectivity index (χ2n) is 5.55. The number of hydrogen-bond acceptors (Lipinski definition) is 3. The lowest BCUT2D eigenvalue weighted by molar-refractivity contribution is -0.127. The number of nitrogens with one attached hydrogen (secondary N) is 1. The second-order valence-corrected chi connectivity index (χ2v) is 5.55. The molecule has 0 fully saturated rings. The number of hydrogen-bond donors (Lipinski definition) is 1. The van der Waals surface area contributed by atoms with Crippen LogP contribution in [0.2, 0.25) is 0 Å². The zero-order valence-corrected chi connectivity index (χ0v) is 13.6. The first-order valence-electron chi connectivity index (χ1n) is 7.56. The van der Waals surface area contributed by atoms with Crippen molar-refractivity contribution in [3.05, 3.63) is 65.2 Å². The van der Waals surface area contributed by atoms with Crippen LogP contribution in [0.3, 0.4) is 0 Å². The van der Waals surface area contributed by atoms with Crippen molar-refractivity contribution in [1.82, 2.24) is 5.32 Å². The summed E-state index contributed by atoms with van der Waals surface area (Å²) in [6, 6.07) is 14.8. The number of carbonyl (C=O) groups is 2. The molecular weight excluding hydrogens is 290 g/mol. The van der Waals surface area contributed by atoms with Gasteiger partial charge in [-0.25, -0.2) is 0 Å². The fraction of sp³-hybridized carbons (Fsp3) is 0.263. The summed E-state index contributed by atoms with van der Waals surface area (Å²) in [7, 11) is 0. The molecule has 23 heavy (non-hydrogen) atoms. The van der Waals surface area contributed by atoms with E-state index in [2.05, 4.69) is 5.32 Å². The molecule has 0 saturated carbocycles. The van der Waals surface area contributed by atoms with Gasteiger partial charge in [-0.15, -0.1) is 0 Å². The van der Waals surface area contributed by atoms with Gasteiger partial charge in [0.15, 0.2) is 11.9 Å². The highest BCUT2D eigenvalue weighted by Crippen LogP contribution is 2.15. The Morgan fingerprint density at radius 3 is 2.48 bits per heavy atom. The summed E-state index contributed by atoms with van der Waals surface area (Å²) in [5.41, 5.74) is 2.78. The first-order valence-corrected chi connectivity index (χ1v) is 7.56. The van der Waals surface area contributed by atoms with Crippen LogP contribution in [0.1, 0.15) is 35.3 Å². The van der Waals surface area contributed by atoms with Gasteiger partial charge in [-0.3, -0.25) is 9.59 Å². The van der Waals surface area contributed by atoms with E-state index in [0.29, 0.717) is 17.9 Å². The Bertz CT molecular complexity index is 692. The smallest absolute Gasteiger partial charge is 0.261 e. The molecule has 0 aromatic heterocycles. The molecule has 2 aromatic rings. The number of aryl methyl sites for hydroxylation is 1. The highest BCUT2D eigenvalue weighted by molar-refractivity contribution is 5.94. The molecule has 0 spiro atoms. The van der Waals surface area contributed by atoms with Crippen LogP contribution in [0.15, 0.2) is 48.5 Å². The number of Topliss-reactive ketones (excluding diaryl/α,β-unsaturated/α-hetero) is 1. The second kappa shape index (κ2) is 7.58. The predicted octanol–water partition coefficient (Wildman–Crippen LogP) is 3.28. The van der Waals surface area contributed by atoms with Crippen LogP contribution in [0, 0.1) is 6.92 Å². The van der Waals surface area contributed by atoms with E-state index in [4.69, 9.17) is 4.74 Å². The lowest BCUT2D eigenvalue weighted by Crippen LogP contribution is -2.35. The van der Waals surface area contributed by atoms with Crippen molar-refractivity contribution in [2.24, 2.45) is 0 Å². The Hall–Kier alpha value is -2.62. The van der Waals surface area contributed by atoms with Gasteiger partial charge in [0, 0.05) is 12.1 Å². The number of ether oxygens (including phenoxy) is 1. The maximum absolute atomic E-state index is 12.1. The van der Waals surface area contributed by atoms with Crippen molar-refractivity contribution < 1.29 is 14.3 Å². The zero-order chi connectivity index (χ0) is 16.8. The molecule has 0 aliphatic heterocycles. The molecule has 2 rings (SSSR count). The summed E-state index contributed by atoms with van der Waals surface area (Å²) in [6.45, 7) is 5.66. The predicted molar refractivity (Wildman–Crippen MR) is 89.6 cm³/mol. The molecule has 1 atom stereocenters. The normalized spacial score (nSPS) is 11.6. The maximum atomic E-state index is 12.1. The van der Waals surface area contributed by atoms with E-state index in [1.807, 2.05) is 31.2 Å². The first kappa shape index (κ1) is 16.7. The Kier molecular flexibility index (Phi) is 5.52. The highest BCUT2D eigenvalue weighted by atomic mass is 16.5. The average Bonchev–Trinajstić information content (AvgIpc) is 2.54. The summed E-state index contributed by atoms with van der Waals surface area (Å²) in [5, 5.41) is 2.84. The quantitative estimate of drug-likeness (QED) is 0.833. The third-order valence-electron chi connectivity index (χ3n) is 3.51. The van der Waals surface area contributed by atoms with Crippen molar-refractivity contribution in [2.45, 2.75) is 33.4 Å². The largest absolute Gasteiger partial charge is 0.481 e. The fourth-order valence-electron chi connectivity index (χ4n) is 2.08. The van der Waals surface area contributed by atoms with Crippen LogP contribution in [0.5, 0.6) is 5.75 Å². The number of amides is 1. The lowest BCUT2D eigenvalue weighted by atomic mass is 10.1. The topological polar surface area (TPSA) is 55.4 Å². The molecule has 0 saturated heterocycles. The SMILES string of the molecule is CC(=O)c1cccc(O[C@H](C)C(=O)NCc2ccc(C)cc2)c1. The summed E-state index contributed by atoms with van der Waals surface area (Å²) in [6.07, 6.45) is -0.636. The summed E-state index contributed by atoms with van der Waals surface area (Å²) < 4.78 is 5.61. The van der Waals surface area contributed by atoms with Crippen LogP contribution in [-0.2, 0) is 11.3 Å². The lowest BCUT2D eigenvalue weighted by Gasteiger charge is -2.15. The summed E-state index contributed by atoms with van der Waals surface area (Å²) >= 11 is 0. The van der Waals surface area contributed by atoms with Crippen molar-refractivity contribution in [1.29, 1.82) is 0 Å². The molecule has 0 radical (unpaired) electrons. The monoisotopic (exact) mass is 311 g/mol. The third kappa shape index (κ3) is 4.95. The van der Waals surface area contributed by atoms with Crippen LogP contribution in [0.4, 0.5) is 0 Å². The molecule has 1 amide bonds. The van der Waals surface area contributed by atoms with Gasteiger partial charge in [0.2, 0.25) is 0 Å². The number of ketones is 1. The molecule has 2 aromatic carbocycles. The average molecular weight is 311 g/mol. The minimum absolute atomic E-state index is 0.0353. The van der Waals surface area contributed by atoms with E-state index in [-0.39, 0.29) is 11.7 Å². The number of rotatable bonds is 6. The van der Waals surface area contributed by atoms with Gasteiger partial charge in [0.1, 0.15) is 5.75 Å². The molecule has 0 unspecified atom stereocenters. The summed E-state index contributed by atoms with van der Waals surface area (Å²) in [5.74, 6) is 0.279. The molecule has 0 heterocycles. The van der Waals surface area contributed by atoms with Crippen molar-refractivity contribution >= 4 is 11.7 Å². The molecule has 0 bridgehead atoms. The van der Waals surface area contributed by atoms with Crippen LogP contribution in [0.25, 0.3) is 0 Å². The van der Waals surface area contributed by atoms with Crippen molar-refractivity contribution in [2.75, 3.05) is 0 Å². The molecule has 4 heteroatoms. The van der Waals surface area contributed by atoms with Gasteiger partial charge in [0.25, 0.3) is 5.91 Å². The first-order chi connectivity index (χ1) is 11.0. The van der Waals surface area contributed by atoms with Crippen molar-refractivity contribution in [3.63, 3.8) is 0 Å².